The molecule has 9 rings (SSSR count). The van der Waals surface area contributed by atoms with Crippen LogP contribution in [0.5, 0.6) is 0 Å². The summed E-state index contributed by atoms with van der Waals surface area (Å²) >= 11 is 0. The summed E-state index contributed by atoms with van der Waals surface area (Å²) in [6, 6.07) is 33.7. The lowest BCUT2D eigenvalue weighted by Crippen LogP contribution is -2.24. The molecule has 5 heterocycles. The number of rotatable bonds is 4. The summed E-state index contributed by atoms with van der Waals surface area (Å²) in [5, 5.41) is 2.51. The predicted octanol–water partition coefficient (Wildman–Crippen LogP) is 9.30. The first-order valence-corrected chi connectivity index (χ1v) is 16.9. The van der Waals surface area contributed by atoms with Crippen molar-refractivity contribution in [2.45, 2.75) is 58.4 Å². The third-order valence-corrected chi connectivity index (χ3v) is 10.2. The molecule has 4 aromatic carbocycles. The van der Waals surface area contributed by atoms with Crippen LogP contribution in [0.1, 0.15) is 56.1 Å². The maximum atomic E-state index is 5.05. The number of pyridine rings is 1. The SMILES string of the molecule is CN1CN(c2cccc(Cc3ccc4c5ccccc5n(-c5cc(C(C)(C)C)ccn5)c4c3)c2)c2cc3nc4n(c3cc21)CCCC4. The summed E-state index contributed by atoms with van der Waals surface area (Å²) in [7, 11) is 2.20. The van der Waals surface area contributed by atoms with E-state index in [9.17, 15) is 0 Å². The Kier molecular flexibility index (Phi) is 6.26. The molecule has 234 valence electrons. The van der Waals surface area contributed by atoms with Crippen LogP contribution in [0.2, 0.25) is 0 Å². The van der Waals surface area contributed by atoms with Gasteiger partial charge in [0.05, 0.1) is 40.1 Å². The molecule has 0 N–H and O–H groups in total. The molecule has 2 aliphatic rings. The minimum Gasteiger partial charge on any atom is -0.355 e. The van der Waals surface area contributed by atoms with Crippen molar-refractivity contribution in [3.05, 3.63) is 120 Å². The summed E-state index contributed by atoms with van der Waals surface area (Å²) in [4.78, 5) is 14.7. The zero-order chi connectivity index (χ0) is 31.9. The van der Waals surface area contributed by atoms with Gasteiger partial charge in [0.1, 0.15) is 11.6 Å². The molecule has 6 heteroatoms. The van der Waals surface area contributed by atoms with E-state index >= 15 is 0 Å². The second-order valence-electron chi connectivity index (χ2n) is 14.4. The lowest BCUT2D eigenvalue weighted by atomic mass is 9.88. The molecule has 0 unspecified atom stereocenters. The van der Waals surface area contributed by atoms with Crippen molar-refractivity contribution in [2.24, 2.45) is 0 Å². The number of benzene rings is 4. The molecule has 0 amide bonds. The molecular weight excluding hydrogens is 576 g/mol. The largest absolute Gasteiger partial charge is 0.355 e. The van der Waals surface area contributed by atoms with E-state index in [0.29, 0.717) is 0 Å². The highest BCUT2D eigenvalue weighted by Gasteiger charge is 2.28. The Morgan fingerprint density at radius 2 is 1.60 bits per heavy atom. The van der Waals surface area contributed by atoms with Crippen molar-refractivity contribution in [1.29, 1.82) is 0 Å². The second kappa shape index (κ2) is 10.5. The van der Waals surface area contributed by atoms with Crippen LogP contribution < -0.4 is 9.80 Å². The van der Waals surface area contributed by atoms with E-state index in [1.807, 2.05) is 6.20 Å². The van der Waals surface area contributed by atoms with Gasteiger partial charge >= 0.3 is 0 Å². The minimum absolute atomic E-state index is 0.0430. The fourth-order valence-electron chi connectivity index (χ4n) is 7.75. The summed E-state index contributed by atoms with van der Waals surface area (Å²) in [5.41, 5.74) is 12.4. The maximum Gasteiger partial charge on any atom is 0.137 e. The van der Waals surface area contributed by atoms with Crippen LogP contribution in [0, 0.1) is 0 Å². The van der Waals surface area contributed by atoms with Crippen molar-refractivity contribution in [3.8, 4) is 5.82 Å². The van der Waals surface area contributed by atoms with Crippen LogP contribution in [-0.4, -0.2) is 32.8 Å². The van der Waals surface area contributed by atoms with E-state index in [4.69, 9.17) is 9.97 Å². The van der Waals surface area contributed by atoms with Crippen LogP contribution in [-0.2, 0) is 24.8 Å². The van der Waals surface area contributed by atoms with Crippen LogP contribution in [0.3, 0.4) is 0 Å². The van der Waals surface area contributed by atoms with Crippen molar-refractivity contribution in [3.63, 3.8) is 0 Å². The van der Waals surface area contributed by atoms with Gasteiger partial charge in [-0.2, -0.15) is 0 Å². The van der Waals surface area contributed by atoms with Crippen molar-refractivity contribution in [2.75, 3.05) is 23.5 Å². The van der Waals surface area contributed by atoms with Crippen LogP contribution in [0.4, 0.5) is 17.1 Å². The number of aryl methyl sites for hydroxylation is 2. The quantitative estimate of drug-likeness (QED) is 0.198. The van der Waals surface area contributed by atoms with Gasteiger partial charge in [0, 0.05) is 42.7 Å². The highest BCUT2D eigenvalue weighted by molar-refractivity contribution is 6.09. The average Bonchev–Trinajstić information content (AvgIpc) is 3.72. The summed E-state index contributed by atoms with van der Waals surface area (Å²) in [6.07, 6.45) is 6.35. The standard InChI is InChI=1S/C41H40N6/c1-41(2,3)29-17-18-42-40(23-29)47-34-13-6-5-12-31(34)32-16-15-28(22-35(32)47)20-27-10-9-11-30(21-27)46-26-44(4)37-25-36-33(24-38(37)46)43-39-14-7-8-19-45(36)39/h5-6,9-13,15-18,21-25H,7-8,14,19-20,26H2,1-4H3. The third-order valence-electron chi connectivity index (χ3n) is 10.2. The van der Waals surface area contributed by atoms with Crippen molar-refractivity contribution in [1.82, 2.24) is 19.1 Å². The lowest BCUT2D eigenvalue weighted by Gasteiger charge is -2.20. The Hall–Kier alpha value is -5.10. The van der Waals surface area contributed by atoms with E-state index in [-0.39, 0.29) is 5.41 Å². The fraction of sp³-hybridized carbons (Fsp3) is 0.268. The van der Waals surface area contributed by atoms with Gasteiger partial charge in [-0.15, -0.1) is 0 Å². The molecule has 0 spiro atoms. The first kappa shape index (κ1) is 28.1. The van der Waals surface area contributed by atoms with Crippen molar-refractivity contribution < 1.29 is 0 Å². The zero-order valence-electron chi connectivity index (χ0n) is 27.7. The van der Waals surface area contributed by atoms with Gasteiger partial charge in [0.15, 0.2) is 0 Å². The predicted molar refractivity (Wildman–Crippen MR) is 195 cm³/mol. The molecule has 0 atom stereocenters. The summed E-state index contributed by atoms with van der Waals surface area (Å²) in [6.45, 7) is 8.67. The average molecular weight is 617 g/mol. The lowest BCUT2D eigenvalue weighted by molar-refractivity contribution is 0.533. The number of nitrogens with zero attached hydrogens (tertiary/aromatic N) is 6. The van der Waals surface area contributed by atoms with Crippen LogP contribution >= 0.6 is 0 Å². The van der Waals surface area contributed by atoms with E-state index < -0.39 is 0 Å². The number of para-hydroxylation sites is 1. The normalized spacial score (nSPS) is 14.8. The van der Waals surface area contributed by atoms with E-state index in [0.717, 1.165) is 37.4 Å². The van der Waals surface area contributed by atoms with Crippen molar-refractivity contribution >= 4 is 49.9 Å². The van der Waals surface area contributed by atoms with E-state index in [1.165, 1.54) is 79.7 Å². The molecule has 0 saturated heterocycles. The third kappa shape index (κ3) is 4.61. The molecule has 7 aromatic rings. The van der Waals surface area contributed by atoms with Gasteiger partial charge in [-0.05, 0) is 89.9 Å². The molecule has 3 aromatic heterocycles. The Labute approximate surface area is 275 Å². The highest BCUT2D eigenvalue weighted by Crippen LogP contribution is 2.43. The van der Waals surface area contributed by atoms with Crippen LogP contribution in [0.25, 0.3) is 38.7 Å². The Morgan fingerprint density at radius 3 is 2.49 bits per heavy atom. The molecule has 0 aliphatic carbocycles. The number of anilines is 3. The van der Waals surface area contributed by atoms with E-state index in [1.54, 1.807) is 0 Å². The monoisotopic (exact) mass is 616 g/mol. The molecule has 0 saturated carbocycles. The molecule has 6 nitrogen and oxygen atoms in total. The van der Waals surface area contributed by atoms with Crippen LogP contribution in [0.15, 0.2) is 97.2 Å². The second-order valence-corrected chi connectivity index (χ2v) is 14.4. The first-order valence-electron chi connectivity index (χ1n) is 16.9. The number of hydrogen-bond donors (Lipinski definition) is 0. The number of hydrogen-bond acceptors (Lipinski definition) is 4. The Morgan fingerprint density at radius 1 is 0.745 bits per heavy atom. The zero-order valence-corrected chi connectivity index (χ0v) is 27.7. The summed E-state index contributed by atoms with van der Waals surface area (Å²) in [5.74, 6) is 2.20. The number of imidazole rings is 1. The molecule has 0 bridgehead atoms. The topological polar surface area (TPSA) is 42.1 Å². The number of fused-ring (bicyclic) bond motifs is 7. The van der Waals surface area contributed by atoms with Gasteiger partial charge in [-0.3, -0.25) is 4.57 Å². The van der Waals surface area contributed by atoms with E-state index in [2.05, 4.69) is 138 Å². The smallest absolute Gasteiger partial charge is 0.137 e. The van der Waals surface area contributed by atoms with Gasteiger partial charge < -0.3 is 14.4 Å². The maximum absolute atomic E-state index is 5.05. The Bertz CT molecular complexity index is 2330. The van der Waals surface area contributed by atoms with Gasteiger partial charge in [-0.1, -0.05) is 63.2 Å². The molecule has 0 fully saturated rings. The minimum atomic E-state index is 0.0430. The molecule has 47 heavy (non-hydrogen) atoms. The molecule has 0 radical (unpaired) electrons. The molecular formula is C41H40N6. The Balaban J connectivity index is 1.09. The highest BCUT2D eigenvalue weighted by atomic mass is 15.4. The summed E-state index contributed by atoms with van der Waals surface area (Å²) < 4.78 is 4.77. The number of aromatic nitrogens is 4. The molecule has 2 aliphatic heterocycles. The first-order chi connectivity index (χ1) is 22.8. The van der Waals surface area contributed by atoms with Gasteiger partial charge in [0.25, 0.3) is 0 Å². The van der Waals surface area contributed by atoms with Gasteiger partial charge in [0.2, 0.25) is 0 Å². The van der Waals surface area contributed by atoms with Gasteiger partial charge in [-0.25, -0.2) is 9.97 Å². The fourth-order valence-corrected chi connectivity index (χ4v) is 7.75.